The van der Waals surface area contributed by atoms with Crippen LogP contribution in [-0.2, 0) is 35.2 Å². The molecule has 1 aliphatic heterocycles. The summed E-state index contributed by atoms with van der Waals surface area (Å²) in [4.78, 5) is 55.5. The van der Waals surface area contributed by atoms with E-state index in [0.717, 1.165) is 5.56 Å². The fourth-order valence-electron chi connectivity index (χ4n) is 5.81. The van der Waals surface area contributed by atoms with Crippen molar-refractivity contribution in [3.05, 3.63) is 64.7 Å². The third kappa shape index (κ3) is 6.87. The largest absolute Gasteiger partial charge is 0.466 e. The van der Waals surface area contributed by atoms with Crippen LogP contribution in [0.4, 0.5) is 10.5 Å². The monoisotopic (exact) mass is 600 g/mol. The Labute approximate surface area is 250 Å². The first-order chi connectivity index (χ1) is 20.1. The Morgan fingerprint density at radius 3 is 2.21 bits per heavy atom. The summed E-state index contributed by atoms with van der Waals surface area (Å²) in [6, 6.07) is 14.6. The van der Waals surface area contributed by atoms with Crippen molar-refractivity contribution in [1.82, 2.24) is 4.90 Å². The summed E-state index contributed by atoms with van der Waals surface area (Å²) in [5.41, 5.74) is 0.310. The van der Waals surface area contributed by atoms with E-state index in [1.807, 2.05) is 35.2 Å². The molecule has 2 aromatic rings. The number of aliphatic hydroxyl groups is 1. The normalized spacial score (nSPS) is 24.2. The molecule has 42 heavy (non-hydrogen) atoms. The second-order valence-corrected chi connectivity index (χ2v) is 11.1. The Balaban J connectivity index is 1.53. The first-order valence-electron chi connectivity index (χ1n) is 14.2. The zero-order valence-corrected chi connectivity index (χ0v) is 24.8. The van der Waals surface area contributed by atoms with Gasteiger partial charge < -0.3 is 29.1 Å². The number of halogens is 1. The van der Waals surface area contributed by atoms with Crippen molar-refractivity contribution in [3.8, 4) is 0 Å². The smallest absolute Gasteiger partial charge is 0.410 e. The van der Waals surface area contributed by atoms with E-state index in [9.17, 15) is 24.3 Å². The van der Waals surface area contributed by atoms with Crippen LogP contribution in [-0.4, -0.2) is 78.8 Å². The number of hydrogen-bond donors (Lipinski definition) is 1. The van der Waals surface area contributed by atoms with Gasteiger partial charge in [-0.25, -0.2) is 4.79 Å². The van der Waals surface area contributed by atoms with Crippen LogP contribution in [0.3, 0.4) is 0 Å². The molecule has 2 aromatic carbocycles. The van der Waals surface area contributed by atoms with Crippen molar-refractivity contribution in [2.45, 2.75) is 45.3 Å². The van der Waals surface area contributed by atoms with Crippen molar-refractivity contribution in [1.29, 1.82) is 0 Å². The molecular formula is C31H37ClN2O8. The highest BCUT2D eigenvalue weighted by atomic mass is 35.5. The standard InChI is InChI=1S/C31H37ClN2O8/c1-4-40-28(36)26-24(35)18-31(3,39)27(29(37)41-5-2)25(26)21-11-12-23(22(32)17-21)33-13-15-34(16-14-33)30(38)42-19-20-9-7-6-8-10-20/h6-12,17,25-27,39H,4-5,13-16,18-19H2,1-3H3. The molecule has 1 heterocycles. The number of hydrogen-bond acceptors (Lipinski definition) is 9. The maximum atomic E-state index is 13.2. The average Bonchev–Trinajstić information content (AvgIpc) is 2.95. The maximum Gasteiger partial charge on any atom is 0.410 e. The fourth-order valence-corrected chi connectivity index (χ4v) is 6.12. The van der Waals surface area contributed by atoms with Gasteiger partial charge in [-0.2, -0.15) is 0 Å². The molecule has 4 atom stereocenters. The van der Waals surface area contributed by atoms with E-state index >= 15 is 0 Å². The highest BCUT2D eigenvalue weighted by Gasteiger charge is 2.57. The molecule has 10 nitrogen and oxygen atoms in total. The zero-order chi connectivity index (χ0) is 30.4. The number of ketones is 1. The molecule has 226 valence electrons. The molecule has 4 unspecified atom stereocenters. The average molecular weight is 601 g/mol. The van der Waals surface area contributed by atoms with Gasteiger partial charge in [-0.3, -0.25) is 14.4 Å². The molecule has 1 amide bonds. The molecule has 2 fully saturated rings. The van der Waals surface area contributed by atoms with E-state index in [4.69, 9.17) is 25.8 Å². The summed E-state index contributed by atoms with van der Waals surface area (Å²) >= 11 is 6.76. The van der Waals surface area contributed by atoms with Gasteiger partial charge >= 0.3 is 18.0 Å². The van der Waals surface area contributed by atoms with Gasteiger partial charge in [0.2, 0.25) is 0 Å². The van der Waals surface area contributed by atoms with E-state index in [1.54, 1.807) is 36.9 Å². The first kappa shape index (κ1) is 31.3. The van der Waals surface area contributed by atoms with Gasteiger partial charge in [-0.1, -0.05) is 48.0 Å². The topological polar surface area (TPSA) is 123 Å². The van der Waals surface area contributed by atoms with E-state index in [2.05, 4.69) is 0 Å². The van der Waals surface area contributed by atoms with E-state index < -0.39 is 41.1 Å². The van der Waals surface area contributed by atoms with Crippen LogP contribution >= 0.6 is 11.6 Å². The van der Waals surface area contributed by atoms with Gasteiger partial charge in [0.1, 0.15) is 12.5 Å². The second-order valence-electron chi connectivity index (χ2n) is 10.7. The van der Waals surface area contributed by atoms with Gasteiger partial charge in [0.05, 0.1) is 35.4 Å². The van der Waals surface area contributed by atoms with Crippen LogP contribution in [0.1, 0.15) is 44.2 Å². The summed E-state index contributed by atoms with van der Waals surface area (Å²) in [6.07, 6.45) is -0.774. The Morgan fingerprint density at radius 2 is 1.60 bits per heavy atom. The molecule has 1 aliphatic carbocycles. The lowest BCUT2D eigenvalue weighted by Gasteiger charge is -2.43. The lowest BCUT2D eigenvalue weighted by atomic mass is 9.61. The Hall–Kier alpha value is -3.63. The number of carbonyl (C=O) groups excluding carboxylic acids is 4. The van der Waals surface area contributed by atoms with Gasteiger partial charge in [0.15, 0.2) is 5.78 Å². The van der Waals surface area contributed by atoms with Crippen molar-refractivity contribution >= 4 is 41.1 Å². The number of benzene rings is 2. The minimum absolute atomic E-state index is 0.0568. The minimum Gasteiger partial charge on any atom is -0.466 e. The number of rotatable bonds is 8. The van der Waals surface area contributed by atoms with Crippen LogP contribution in [0.25, 0.3) is 0 Å². The third-order valence-corrected chi connectivity index (χ3v) is 8.09. The van der Waals surface area contributed by atoms with Crippen LogP contribution in [0.15, 0.2) is 48.5 Å². The summed E-state index contributed by atoms with van der Waals surface area (Å²) in [5.74, 6) is -5.51. The first-order valence-corrected chi connectivity index (χ1v) is 14.5. The summed E-state index contributed by atoms with van der Waals surface area (Å²) < 4.78 is 15.9. The number of amides is 1. The maximum absolute atomic E-state index is 13.2. The van der Waals surface area contributed by atoms with Gasteiger partial charge in [0, 0.05) is 38.5 Å². The number of Topliss-reactive ketones (excluding diaryl/α,β-unsaturated/α-hetero) is 1. The quantitative estimate of drug-likeness (QED) is 0.272. The highest BCUT2D eigenvalue weighted by Crippen LogP contribution is 2.47. The molecule has 1 N–H and O–H groups in total. The molecule has 2 aliphatic rings. The lowest BCUT2D eigenvalue weighted by Crippen LogP contribution is -2.55. The second kappa shape index (κ2) is 13.6. The highest BCUT2D eigenvalue weighted by molar-refractivity contribution is 6.33. The van der Waals surface area contributed by atoms with Crippen LogP contribution in [0.2, 0.25) is 5.02 Å². The summed E-state index contributed by atoms with van der Waals surface area (Å²) in [6.45, 7) is 6.89. The molecule has 11 heteroatoms. The number of esters is 2. The molecule has 1 saturated heterocycles. The van der Waals surface area contributed by atoms with Gasteiger partial charge in [-0.05, 0) is 44.0 Å². The summed E-state index contributed by atoms with van der Waals surface area (Å²) in [7, 11) is 0. The molecule has 0 aromatic heterocycles. The predicted octanol–water partition coefficient (Wildman–Crippen LogP) is 3.96. The zero-order valence-electron chi connectivity index (χ0n) is 24.1. The SMILES string of the molecule is CCOC(=O)C1C(=O)CC(C)(O)C(C(=O)OCC)C1c1ccc(N2CCN(C(=O)OCc3ccccc3)CC2)c(Cl)c1. The Kier molecular flexibility index (Phi) is 10.1. The van der Waals surface area contributed by atoms with E-state index in [0.29, 0.717) is 42.5 Å². The molecule has 0 bridgehead atoms. The van der Waals surface area contributed by atoms with Crippen molar-refractivity contribution in [2.75, 3.05) is 44.3 Å². The van der Waals surface area contributed by atoms with E-state index in [1.165, 1.54) is 6.92 Å². The van der Waals surface area contributed by atoms with Gasteiger partial charge in [0.25, 0.3) is 0 Å². The van der Waals surface area contributed by atoms with Crippen molar-refractivity contribution in [3.63, 3.8) is 0 Å². The Morgan fingerprint density at radius 1 is 0.952 bits per heavy atom. The predicted molar refractivity (Wildman–Crippen MR) is 155 cm³/mol. The molecule has 1 saturated carbocycles. The molecule has 4 rings (SSSR count). The number of anilines is 1. The minimum atomic E-state index is -1.74. The number of carbonyl (C=O) groups is 4. The summed E-state index contributed by atoms with van der Waals surface area (Å²) in [5, 5.41) is 11.5. The fraction of sp³-hybridized carbons (Fsp3) is 0.484. The number of ether oxygens (including phenoxy) is 3. The van der Waals surface area contributed by atoms with Crippen LogP contribution in [0.5, 0.6) is 0 Å². The van der Waals surface area contributed by atoms with Crippen LogP contribution in [0, 0.1) is 11.8 Å². The molecule has 0 spiro atoms. The van der Waals surface area contributed by atoms with Crippen molar-refractivity contribution in [2.24, 2.45) is 11.8 Å². The van der Waals surface area contributed by atoms with E-state index in [-0.39, 0.29) is 32.3 Å². The number of piperazine rings is 1. The third-order valence-electron chi connectivity index (χ3n) is 7.79. The molecule has 0 radical (unpaired) electrons. The van der Waals surface area contributed by atoms with Crippen molar-refractivity contribution < 1.29 is 38.5 Å². The lowest BCUT2D eigenvalue weighted by molar-refractivity contribution is -0.172. The Bertz CT molecular complexity index is 1290. The van der Waals surface area contributed by atoms with Crippen LogP contribution < -0.4 is 4.90 Å². The molecular weight excluding hydrogens is 564 g/mol. The number of nitrogens with zero attached hydrogens (tertiary/aromatic N) is 2. The van der Waals surface area contributed by atoms with Gasteiger partial charge in [-0.15, -0.1) is 0 Å².